The zero-order valence-corrected chi connectivity index (χ0v) is 12.3. The Morgan fingerprint density at radius 3 is 1.86 bits per heavy atom. The molecule has 0 saturated carbocycles. The van der Waals surface area contributed by atoms with Crippen LogP contribution in [0, 0.1) is 7.14 Å². The van der Waals surface area contributed by atoms with Crippen molar-refractivity contribution in [1.82, 2.24) is 8.75 Å². The van der Waals surface area contributed by atoms with E-state index < -0.39 is 0 Å². The van der Waals surface area contributed by atoms with Crippen molar-refractivity contribution in [2.75, 3.05) is 0 Å². The van der Waals surface area contributed by atoms with Gasteiger partial charge in [-0.3, -0.25) is 0 Å². The summed E-state index contributed by atoms with van der Waals surface area (Å²) in [7, 11) is 0. The second-order valence-corrected chi connectivity index (χ2v) is 5.77. The van der Waals surface area contributed by atoms with E-state index in [0.717, 1.165) is 29.5 Å². The first-order chi connectivity index (χ1) is 6.79. The van der Waals surface area contributed by atoms with Crippen LogP contribution in [0.2, 0.25) is 0 Å². The largest absolute Gasteiger partial charge is 0.172 e. The van der Waals surface area contributed by atoms with Crippen LogP contribution in [0.15, 0.2) is 8.73 Å². The van der Waals surface area contributed by atoms with Crippen molar-refractivity contribution in [3.8, 4) is 0 Å². The van der Waals surface area contributed by atoms with Gasteiger partial charge in [0, 0.05) is 0 Å². The Morgan fingerprint density at radius 1 is 0.857 bits per heavy atom. The maximum atomic E-state index is 4.26. The highest BCUT2D eigenvalue weighted by Crippen LogP contribution is 2.44. The lowest BCUT2D eigenvalue weighted by molar-refractivity contribution is 1.49. The molecule has 0 fully saturated rings. The molecule has 70 valence electrons. The zero-order valence-electron chi connectivity index (χ0n) is 6.36. The van der Waals surface area contributed by atoms with E-state index in [2.05, 4.69) is 62.7 Å². The van der Waals surface area contributed by atoms with E-state index in [1.807, 2.05) is 0 Å². The highest BCUT2D eigenvalue weighted by Gasteiger charge is 2.20. The van der Waals surface area contributed by atoms with Gasteiger partial charge in [0.1, 0.15) is 22.4 Å². The fourth-order valence-electron chi connectivity index (χ4n) is 1.18. The SMILES string of the molecule is Ic1c2c(c(I)c3nsnc13)N=S=N2. The van der Waals surface area contributed by atoms with Crippen molar-refractivity contribution in [2.45, 2.75) is 0 Å². The van der Waals surface area contributed by atoms with Gasteiger partial charge in [0.15, 0.2) is 0 Å². The minimum atomic E-state index is 0.945. The number of hydrogen-bond acceptors (Lipinski definition) is 5. The summed E-state index contributed by atoms with van der Waals surface area (Å²) >= 11 is 6.97. The molecule has 0 unspecified atom stereocenters. The Bertz CT molecular complexity index is 566. The Morgan fingerprint density at radius 2 is 1.36 bits per heavy atom. The standard InChI is InChI=1S/C6I2N4S2/c7-1-3-5(11-13-9-3)2(8)6-4(1)10-14-12-6. The minimum Gasteiger partial charge on any atom is -0.172 e. The van der Waals surface area contributed by atoms with E-state index in [1.54, 1.807) is 0 Å². The van der Waals surface area contributed by atoms with E-state index in [4.69, 9.17) is 0 Å². The maximum absolute atomic E-state index is 4.26. The predicted molar refractivity (Wildman–Crippen MR) is 74.4 cm³/mol. The molecule has 8 heteroatoms. The third-order valence-corrected chi connectivity index (χ3v) is 4.91. The number of hydrogen-bond donors (Lipinski definition) is 0. The zero-order chi connectivity index (χ0) is 9.71. The molecule has 0 amide bonds. The number of rotatable bonds is 0. The molecular formula is C6I2N4S2. The summed E-state index contributed by atoms with van der Waals surface area (Å²) in [5.74, 6) is 0. The van der Waals surface area contributed by atoms with Crippen LogP contribution in [0.25, 0.3) is 11.0 Å². The lowest BCUT2D eigenvalue weighted by Crippen LogP contribution is -1.83. The maximum Gasteiger partial charge on any atom is 0.121 e. The highest BCUT2D eigenvalue weighted by molar-refractivity contribution is 14.1. The van der Waals surface area contributed by atoms with Crippen LogP contribution < -0.4 is 0 Å². The topological polar surface area (TPSA) is 50.5 Å². The monoisotopic (exact) mass is 446 g/mol. The third-order valence-electron chi connectivity index (χ3n) is 1.81. The molecule has 14 heavy (non-hydrogen) atoms. The summed E-state index contributed by atoms with van der Waals surface area (Å²) in [6, 6.07) is 0. The molecule has 0 atom stereocenters. The Balaban J connectivity index is 2.59. The van der Waals surface area contributed by atoms with E-state index in [1.165, 1.54) is 23.1 Å². The molecule has 0 saturated heterocycles. The molecule has 1 aliphatic heterocycles. The molecule has 3 rings (SSSR count). The van der Waals surface area contributed by atoms with Crippen LogP contribution in [-0.4, -0.2) is 8.75 Å². The van der Waals surface area contributed by atoms with Crippen LogP contribution >= 0.6 is 56.9 Å². The molecule has 0 radical (unpaired) electrons. The average Bonchev–Trinajstić information content (AvgIpc) is 2.82. The first-order valence-corrected chi connectivity index (χ1v) is 7.12. The second-order valence-electron chi connectivity index (χ2n) is 2.55. The molecule has 2 aromatic rings. The van der Waals surface area contributed by atoms with Gasteiger partial charge in [-0.2, -0.15) is 17.5 Å². The summed E-state index contributed by atoms with van der Waals surface area (Å²) in [6.07, 6.45) is 0. The summed E-state index contributed by atoms with van der Waals surface area (Å²) in [5, 5.41) is 0. The minimum absolute atomic E-state index is 0.945. The number of halogens is 2. The number of aromatic nitrogens is 2. The summed E-state index contributed by atoms with van der Waals surface area (Å²) in [6.45, 7) is 0. The quantitative estimate of drug-likeness (QED) is 0.496. The van der Waals surface area contributed by atoms with Gasteiger partial charge >= 0.3 is 0 Å². The Hall–Kier alpha value is 0.320. The van der Waals surface area contributed by atoms with Crippen molar-refractivity contribution in [1.29, 1.82) is 0 Å². The highest BCUT2D eigenvalue weighted by atomic mass is 127. The molecule has 0 bridgehead atoms. The van der Waals surface area contributed by atoms with Gasteiger partial charge in [-0.25, -0.2) is 0 Å². The van der Waals surface area contributed by atoms with E-state index >= 15 is 0 Å². The van der Waals surface area contributed by atoms with Gasteiger partial charge in [0.05, 0.1) is 30.2 Å². The summed E-state index contributed by atoms with van der Waals surface area (Å²) < 4.78 is 19.2. The Labute approximate surface area is 114 Å². The van der Waals surface area contributed by atoms with Crippen molar-refractivity contribution < 1.29 is 0 Å². The van der Waals surface area contributed by atoms with E-state index in [-0.39, 0.29) is 0 Å². The lowest BCUT2D eigenvalue weighted by atomic mass is 10.2. The lowest BCUT2D eigenvalue weighted by Gasteiger charge is -2.01. The fourth-order valence-corrected chi connectivity index (χ4v) is 4.46. The molecule has 0 aliphatic carbocycles. The van der Waals surface area contributed by atoms with Crippen molar-refractivity contribution in [3.05, 3.63) is 7.14 Å². The van der Waals surface area contributed by atoms with Crippen LogP contribution in [0.4, 0.5) is 11.4 Å². The molecule has 1 aliphatic rings. The molecule has 1 aromatic heterocycles. The average molecular weight is 446 g/mol. The molecule has 0 spiro atoms. The number of fused-ring (bicyclic) bond motifs is 2. The number of benzene rings is 1. The van der Waals surface area contributed by atoms with Gasteiger partial charge in [-0.1, -0.05) is 0 Å². The first kappa shape index (κ1) is 9.54. The Kier molecular flexibility index (Phi) is 2.33. The van der Waals surface area contributed by atoms with Crippen molar-refractivity contribution in [3.63, 3.8) is 0 Å². The first-order valence-electron chi connectivity index (χ1n) is 3.50. The summed E-state index contributed by atoms with van der Waals surface area (Å²) in [5.41, 5.74) is 3.78. The van der Waals surface area contributed by atoms with Crippen molar-refractivity contribution >= 4 is 90.7 Å². The van der Waals surface area contributed by atoms with Crippen molar-refractivity contribution in [2.24, 2.45) is 8.73 Å². The molecule has 2 heterocycles. The smallest absolute Gasteiger partial charge is 0.121 e. The molecular weight excluding hydrogens is 446 g/mol. The van der Waals surface area contributed by atoms with Gasteiger partial charge in [-0.05, 0) is 45.2 Å². The normalized spacial score (nSPS) is 13.3. The fraction of sp³-hybridized carbons (Fsp3) is 0. The predicted octanol–water partition coefficient (Wildman–Crippen LogP) is 3.63. The molecule has 4 nitrogen and oxygen atoms in total. The number of nitrogens with zero attached hydrogens (tertiary/aromatic N) is 4. The third kappa shape index (κ3) is 1.20. The second kappa shape index (κ2) is 3.42. The van der Waals surface area contributed by atoms with Gasteiger partial charge in [0.25, 0.3) is 0 Å². The van der Waals surface area contributed by atoms with E-state index in [9.17, 15) is 0 Å². The van der Waals surface area contributed by atoms with Crippen LogP contribution in [0.5, 0.6) is 0 Å². The van der Waals surface area contributed by atoms with Gasteiger partial charge in [0.2, 0.25) is 0 Å². The van der Waals surface area contributed by atoms with Gasteiger partial charge < -0.3 is 0 Å². The van der Waals surface area contributed by atoms with Crippen LogP contribution in [0.1, 0.15) is 0 Å². The van der Waals surface area contributed by atoms with Crippen LogP contribution in [-0.2, 0) is 11.4 Å². The molecule has 0 N–H and O–H groups in total. The van der Waals surface area contributed by atoms with Crippen LogP contribution in [0.3, 0.4) is 0 Å². The summed E-state index contributed by atoms with van der Waals surface area (Å²) in [4.78, 5) is 0. The van der Waals surface area contributed by atoms with Gasteiger partial charge in [-0.15, -0.1) is 0 Å². The molecule has 1 aromatic carbocycles. The van der Waals surface area contributed by atoms with E-state index in [0.29, 0.717) is 0 Å².